The monoisotopic (exact) mass is 374 g/mol. The van der Waals surface area contributed by atoms with Gasteiger partial charge < -0.3 is 5.32 Å². The van der Waals surface area contributed by atoms with Crippen molar-refractivity contribution < 1.29 is 9.18 Å². The Balaban J connectivity index is 1.61. The minimum atomic E-state index is -0.281. The molecule has 2 atom stereocenters. The van der Waals surface area contributed by atoms with E-state index >= 15 is 0 Å². The van der Waals surface area contributed by atoms with E-state index in [0.717, 1.165) is 28.0 Å². The summed E-state index contributed by atoms with van der Waals surface area (Å²) in [6.07, 6.45) is 2.59. The Morgan fingerprint density at radius 1 is 1.11 bits per heavy atom. The first-order chi connectivity index (χ1) is 13.6. The van der Waals surface area contributed by atoms with Crippen LogP contribution in [0.2, 0.25) is 0 Å². The van der Waals surface area contributed by atoms with E-state index in [4.69, 9.17) is 0 Å². The number of anilines is 1. The van der Waals surface area contributed by atoms with Crippen LogP contribution in [0.25, 0.3) is 0 Å². The van der Waals surface area contributed by atoms with E-state index in [1.165, 1.54) is 18.5 Å². The number of allylic oxidation sites excluding steroid dienone is 2. The van der Waals surface area contributed by atoms with Crippen LogP contribution in [0.1, 0.15) is 41.5 Å². The highest BCUT2D eigenvalue weighted by Crippen LogP contribution is 2.44. The van der Waals surface area contributed by atoms with Gasteiger partial charge in [-0.25, -0.2) is 9.07 Å². The SMILES string of the molecule is Cc1ccccc1[C@@H]1C2=C(C[C@@H](c3ccc(F)cc3)CC2=O)Nc2ncnn21. The van der Waals surface area contributed by atoms with E-state index in [2.05, 4.69) is 15.4 Å². The summed E-state index contributed by atoms with van der Waals surface area (Å²) in [4.78, 5) is 17.6. The minimum absolute atomic E-state index is 0.0198. The standard InChI is InChI=1S/C22H19FN4O/c1-13-4-2-3-5-17(13)21-20-18(26-22-24-12-25-27(21)22)10-15(11-19(20)28)14-6-8-16(23)9-7-14/h2-9,12,15,21H,10-11H2,1H3,(H,24,25,26)/t15-,21-/m1/s1. The van der Waals surface area contributed by atoms with Crippen LogP contribution in [-0.4, -0.2) is 20.5 Å². The molecule has 0 spiro atoms. The van der Waals surface area contributed by atoms with Gasteiger partial charge in [-0.15, -0.1) is 0 Å². The van der Waals surface area contributed by atoms with Gasteiger partial charge in [-0.05, 0) is 48.1 Å². The van der Waals surface area contributed by atoms with E-state index in [9.17, 15) is 9.18 Å². The molecule has 1 aliphatic heterocycles. The molecule has 1 aromatic heterocycles. The van der Waals surface area contributed by atoms with E-state index in [1.54, 1.807) is 16.8 Å². The number of halogens is 1. The summed E-state index contributed by atoms with van der Waals surface area (Å²) in [5.74, 6) is 0.484. The van der Waals surface area contributed by atoms with Crippen molar-refractivity contribution in [2.75, 3.05) is 5.32 Å². The number of ketones is 1. The largest absolute Gasteiger partial charge is 0.328 e. The molecule has 0 radical (unpaired) electrons. The van der Waals surface area contributed by atoms with Gasteiger partial charge in [-0.2, -0.15) is 10.1 Å². The number of nitrogens with zero attached hydrogens (tertiary/aromatic N) is 3. The van der Waals surface area contributed by atoms with Gasteiger partial charge in [0.25, 0.3) is 0 Å². The fraction of sp³-hybridized carbons (Fsp3) is 0.227. The van der Waals surface area contributed by atoms with Gasteiger partial charge in [0, 0.05) is 17.7 Å². The van der Waals surface area contributed by atoms with Crippen molar-refractivity contribution in [3.8, 4) is 0 Å². The number of aromatic nitrogens is 3. The summed E-state index contributed by atoms with van der Waals surface area (Å²) >= 11 is 0. The number of carbonyl (C=O) groups is 1. The van der Waals surface area contributed by atoms with Gasteiger partial charge >= 0.3 is 0 Å². The first-order valence-corrected chi connectivity index (χ1v) is 9.35. The Morgan fingerprint density at radius 3 is 2.68 bits per heavy atom. The lowest BCUT2D eigenvalue weighted by atomic mass is 9.77. The molecule has 0 unspecified atom stereocenters. The highest BCUT2D eigenvalue weighted by molar-refractivity contribution is 6.00. The first kappa shape index (κ1) is 16.9. The number of hydrogen-bond acceptors (Lipinski definition) is 4. The number of hydrogen-bond donors (Lipinski definition) is 1. The molecule has 1 aliphatic carbocycles. The van der Waals surface area contributed by atoms with Crippen molar-refractivity contribution in [3.05, 3.63) is 88.6 Å². The summed E-state index contributed by atoms with van der Waals surface area (Å²) in [6.45, 7) is 2.04. The third-order valence-corrected chi connectivity index (χ3v) is 5.69. The molecule has 0 fully saturated rings. The van der Waals surface area contributed by atoms with Gasteiger partial charge in [-0.1, -0.05) is 36.4 Å². The maximum Gasteiger partial charge on any atom is 0.226 e. The van der Waals surface area contributed by atoms with Gasteiger partial charge in [0.1, 0.15) is 18.2 Å². The van der Waals surface area contributed by atoms with Crippen LogP contribution in [0, 0.1) is 12.7 Å². The fourth-order valence-electron chi connectivity index (χ4n) is 4.30. The van der Waals surface area contributed by atoms with Crippen molar-refractivity contribution in [2.45, 2.75) is 31.7 Å². The van der Waals surface area contributed by atoms with Crippen LogP contribution < -0.4 is 5.32 Å². The predicted molar refractivity (Wildman–Crippen MR) is 103 cm³/mol. The van der Waals surface area contributed by atoms with Crippen molar-refractivity contribution in [1.82, 2.24) is 14.8 Å². The maximum absolute atomic E-state index is 13.3. The Kier molecular flexibility index (Phi) is 3.86. The predicted octanol–water partition coefficient (Wildman–Crippen LogP) is 4.14. The molecule has 140 valence electrons. The molecule has 28 heavy (non-hydrogen) atoms. The number of fused-ring (bicyclic) bond motifs is 1. The van der Waals surface area contributed by atoms with Gasteiger partial charge in [-0.3, -0.25) is 4.79 Å². The zero-order chi connectivity index (χ0) is 19.3. The number of rotatable bonds is 2. The summed E-state index contributed by atoms with van der Waals surface area (Å²) in [6, 6.07) is 14.2. The second-order valence-corrected chi connectivity index (χ2v) is 7.38. The smallest absolute Gasteiger partial charge is 0.226 e. The fourth-order valence-corrected chi connectivity index (χ4v) is 4.30. The topological polar surface area (TPSA) is 59.8 Å². The quantitative estimate of drug-likeness (QED) is 0.732. The highest BCUT2D eigenvalue weighted by atomic mass is 19.1. The molecule has 3 aromatic rings. The van der Waals surface area contributed by atoms with Crippen LogP contribution >= 0.6 is 0 Å². The molecule has 0 bridgehead atoms. The normalized spacial score (nSPS) is 21.1. The van der Waals surface area contributed by atoms with Crippen LogP contribution in [0.5, 0.6) is 0 Å². The average molecular weight is 374 g/mol. The number of aryl methyl sites for hydroxylation is 1. The minimum Gasteiger partial charge on any atom is -0.328 e. The average Bonchev–Trinajstić information content (AvgIpc) is 3.15. The Bertz CT molecular complexity index is 1100. The van der Waals surface area contributed by atoms with Crippen LogP contribution in [0.3, 0.4) is 0 Å². The molecule has 0 amide bonds. The molecule has 6 heteroatoms. The second kappa shape index (κ2) is 6.41. The summed E-state index contributed by atoms with van der Waals surface area (Å²) in [5, 5.41) is 7.70. The van der Waals surface area contributed by atoms with E-state index in [0.29, 0.717) is 18.8 Å². The molecule has 2 aromatic carbocycles. The lowest BCUT2D eigenvalue weighted by Gasteiger charge is -2.35. The number of Topliss-reactive ketones (excluding diaryl/α,β-unsaturated/α-hetero) is 1. The first-order valence-electron chi connectivity index (χ1n) is 9.35. The number of benzene rings is 2. The highest BCUT2D eigenvalue weighted by Gasteiger charge is 2.39. The Morgan fingerprint density at radius 2 is 1.89 bits per heavy atom. The Labute approximate surface area is 161 Å². The summed E-state index contributed by atoms with van der Waals surface area (Å²) in [7, 11) is 0. The van der Waals surface area contributed by atoms with Crippen LogP contribution in [-0.2, 0) is 4.79 Å². The molecule has 1 N–H and O–H groups in total. The molecular formula is C22H19FN4O. The van der Waals surface area contributed by atoms with Crippen LogP contribution in [0.4, 0.5) is 10.3 Å². The van der Waals surface area contributed by atoms with Gasteiger partial charge in [0.15, 0.2) is 5.78 Å². The molecule has 0 saturated heterocycles. The van der Waals surface area contributed by atoms with Crippen molar-refractivity contribution in [3.63, 3.8) is 0 Å². The van der Waals surface area contributed by atoms with E-state index < -0.39 is 0 Å². The molecule has 0 saturated carbocycles. The molecule has 5 nitrogen and oxygen atoms in total. The summed E-state index contributed by atoms with van der Waals surface area (Å²) in [5.41, 5.74) is 4.78. The number of carbonyl (C=O) groups excluding carboxylic acids is 1. The lowest BCUT2D eigenvalue weighted by molar-refractivity contribution is -0.116. The second-order valence-electron chi connectivity index (χ2n) is 7.38. The lowest BCUT2D eigenvalue weighted by Crippen LogP contribution is -2.33. The zero-order valence-electron chi connectivity index (χ0n) is 15.4. The van der Waals surface area contributed by atoms with Crippen LogP contribution in [0.15, 0.2) is 66.1 Å². The van der Waals surface area contributed by atoms with E-state index in [1.807, 2.05) is 31.2 Å². The molecular weight excluding hydrogens is 355 g/mol. The van der Waals surface area contributed by atoms with Crippen molar-refractivity contribution in [2.24, 2.45) is 0 Å². The molecule has 2 aliphatic rings. The molecule has 2 heterocycles. The third kappa shape index (κ3) is 2.64. The van der Waals surface area contributed by atoms with Crippen molar-refractivity contribution in [1.29, 1.82) is 0 Å². The zero-order valence-corrected chi connectivity index (χ0v) is 15.4. The maximum atomic E-state index is 13.3. The third-order valence-electron chi connectivity index (χ3n) is 5.69. The summed E-state index contributed by atoms with van der Waals surface area (Å²) < 4.78 is 15.1. The van der Waals surface area contributed by atoms with Gasteiger partial charge in [0.2, 0.25) is 5.95 Å². The van der Waals surface area contributed by atoms with Gasteiger partial charge in [0.05, 0.1) is 0 Å². The van der Waals surface area contributed by atoms with Crippen molar-refractivity contribution >= 4 is 11.7 Å². The Hall–Kier alpha value is -3.28. The molecule has 5 rings (SSSR count). The van der Waals surface area contributed by atoms with E-state index in [-0.39, 0.29) is 23.6 Å². The number of nitrogens with one attached hydrogen (secondary N) is 1.